The summed E-state index contributed by atoms with van der Waals surface area (Å²) < 4.78 is 27.4. The largest absolute Gasteiger partial charge is 0.300 e. The lowest BCUT2D eigenvalue weighted by molar-refractivity contribution is 0.136. The van der Waals surface area contributed by atoms with E-state index in [9.17, 15) is 8.42 Å². The fraction of sp³-hybridized carbons (Fsp3) is 0.684. The predicted octanol–water partition coefficient (Wildman–Crippen LogP) is 3.69. The van der Waals surface area contributed by atoms with E-state index in [2.05, 4.69) is 11.8 Å². The Bertz CT molecular complexity index is 655. The summed E-state index contributed by atoms with van der Waals surface area (Å²) in [7, 11) is -1.64. The van der Waals surface area contributed by atoms with Crippen LogP contribution in [0.3, 0.4) is 0 Å². The molecule has 1 aliphatic heterocycles. The minimum absolute atomic E-state index is 0. The van der Waals surface area contributed by atoms with Gasteiger partial charge in [-0.05, 0) is 70.2 Å². The first kappa shape index (κ1) is 20.7. The molecule has 0 radical (unpaired) electrons. The van der Waals surface area contributed by atoms with Crippen LogP contribution in [0.2, 0.25) is 0 Å². The Morgan fingerprint density at radius 2 is 1.64 bits per heavy atom. The van der Waals surface area contributed by atoms with E-state index in [4.69, 9.17) is 0 Å². The molecule has 1 saturated heterocycles. The van der Waals surface area contributed by atoms with Gasteiger partial charge in [-0.3, -0.25) is 0 Å². The first-order valence-electron chi connectivity index (χ1n) is 9.16. The van der Waals surface area contributed by atoms with Gasteiger partial charge in [-0.15, -0.1) is 12.4 Å². The van der Waals surface area contributed by atoms with E-state index in [1.54, 1.807) is 23.5 Å². The summed E-state index contributed by atoms with van der Waals surface area (Å²) >= 11 is 0. The van der Waals surface area contributed by atoms with Crippen molar-refractivity contribution in [2.45, 2.75) is 62.9 Å². The minimum atomic E-state index is -3.39. The lowest BCUT2D eigenvalue weighted by atomic mass is 9.97. The molecule has 3 rings (SSSR count). The quantitative estimate of drug-likeness (QED) is 0.792. The van der Waals surface area contributed by atoms with Gasteiger partial charge >= 0.3 is 0 Å². The summed E-state index contributed by atoms with van der Waals surface area (Å²) in [5, 5.41) is 0. The van der Waals surface area contributed by atoms with Gasteiger partial charge in [0.05, 0.1) is 4.90 Å². The molecule has 1 aromatic rings. The molecule has 0 N–H and O–H groups in total. The molecule has 6 heteroatoms. The van der Waals surface area contributed by atoms with Crippen molar-refractivity contribution < 1.29 is 8.42 Å². The standard InChI is InChI=1S/C19H30N2O2S.ClH/c1-15-4-8-19(9-5-15)24(22,23)20(3)17-6-7-18(14-17)21-12-10-16(2)11-13-21;/h4-5,8-9,16-18H,6-7,10-14H2,1-3H3;1H/t17-,18+;/m1./s1. The number of rotatable bonds is 4. The second-order valence-electron chi connectivity index (χ2n) is 7.67. The highest BCUT2D eigenvalue weighted by molar-refractivity contribution is 7.89. The molecule has 142 valence electrons. The Balaban J connectivity index is 0.00000225. The third-order valence-electron chi connectivity index (χ3n) is 5.92. The van der Waals surface area contributed by atoms with Crippen LogP contribution in [0, 0.1) is 12.8 Å². The van der Waals surface area contributed by atoms with Crippen molar-refractivity contribution in [2.75, 3.05) is 20.1 Å². The number of benzene rings is 1. The smallest absolute Gasteiger partial charge is 0.243 e. The Morgan fingerprint density at radius 1 is 1.04 bits per heavy atom. The molecule has 0 spiro atoms. The molecule has 25 heavy (non-hydrogen) atoms. The van der Waals surface area contributed by atoms with Gasteiger partial charge in [0.2, 0.25) is 10.0 Å². The maximum atomic E-state index is 12.9. The second kappa shape index (κ2) is 8.38. The zero-order chi connectivity index (χ0) is 17.3. The number of hydrogen-bond donors (Lipinski definition) is 0. The summed E-state index contributed by atoms with van der Waals surface area (Å²) in [5.74, 6) is 0.836. The number of piperidine rings is 1. The summed E-state index contributed by atoms with van der Waals surface area (Å²) in [6.07, 6.45) is 5.61. The van der Waals surface area contributed by atoms with Crippen LogP contribution < -0.4 is 0 Å². The monoisotopic (exact) mass is 386 g/mol. The van der Waals surface area contributed by atoms with E-state index >= 15 is 0 Å². The fourth-order valence-corrected chi connectivity index (χ4v) is 5.46. The summed E-state index contributed by atoms with van der Waals surface area (Å²) in [6.45, 7) is 6.65. The number of nitrogens with zero attached hydrogens (tertiary/aromatic N) is 2. The van der Waals surface area contributed by atoms with Crippen LogP contribution in [-0.2, 0) is 10.0 Å². The molecule has 2 atom stereocenters. The van der Waals surface area contributed by atoms with Crippen LogP contribution in [-0.4, -0.2) is 49.8 Å². The molecule has 1 aromatic carbocycles. The van der Waals surface area contributed by atoms with Crippen LogP contribution in [0.5, 0.6) is 0 Å². The third kappa shape index (κ3) is 4.57. The lowest BCUT2D eigenvalue weighted by Crippen LogP contribution is -2.41. The summed E-state index contributed by atoms with van der Waals surface area (Å²) in [5.41, 5.74) is 1.08. The van der Waals surface area contributed by atoms with Gasteiger partial charge in [0.1, 0.15) is 0 Å². The van der Waals surface area contributed by atoms with E-state index in [-0.39, 0.29) is 18.4 Å². The molecule has 2 aliphatic rings. The average molecular weight is 387 g/mol. The summed E-state index contributed by atoms with van der Waals surface area (Å²) in [6, 6.07) is 7.86. The Hall–Kier alpha value is -0.620. The van der Waals surface area contributed by atoms with Crippen LogP contribution in [0.1, 0.15) is 44.6 Å². The molecule has 0 unspecified atom stereocenters. The zero-order valence-corrected chi connectivity index (χ0v) is 17.2. The molecule has 0 bridgehead atoms. The highest BCUT2D eigenvalue weighted by Crippen LogP contribution is 2.32. The molecule has 0 aromatic heterocycles. The van der Waals surface area contributed by atoms with Crippen LogP contribution in [0.4, 0.5) is 0 Å². The van der Waals surface area contributed by atoms with Gasteiger partial charge in [-0.25, -0.2) is 8.42 Å². The van der Waals surface area contributed by atoms with Crippen molar-refractivity contribution in [3.05, 3.63) is 29.8 Å². The van der Waals surface area contributed by atoms with Crippen molar-refractivity contribution in [3.63, 3.8) is 0 Å². The van der Waals surface area contributed by atoms with E-state index < -0.39 is 10.0 Å². The maximum Gasteiger partial charge on any atom is 0.243 e. The van der Waals surface area contributed by atoms with Crippen molar-refractivity contribution in [3.8, 4) is 0 Å². The number of sulfonamides is 1. The van der Waals surface area contributed by atoms with Crippen LogP contribution in [0.15, 0.2) is 29.2 Å². The molecule has 1 heterocycles. The second-order valence-corrected chi connectivity index (χ2v) is 9.67. The topological polar surface area (TPSA) is 40.6 Å². The first-order valence-corrected chi connectivity index (χ1v) is 10.6. The van der Waals surface area contributed by atoms with Gasteiger partial charge in [0.25, 0.3) is 0 Å². The van der Waals surface area contributed by atoms with Gasteiger partial charge in [-0.2, -0.15) is 4.31 Å². The maximum absolute atomic E-state index is 12.9. The average Bonchev–Trinajstić information content (AvgIpc) is 3.05. The van der Waals surface area contributed by atoms with Crippen molar-refractivity contribution in [1.29, 1.82) is 0 Å². The van der Waals surface area contributed by atoms with Gasteiger partial charge in [0, 0.05) is 19.1 Å². The van der Waals surface area contributed by atoms with Crippen LogP contribution in [0.25, 0.3) is 0 Å². The lowest BCUT2D eigenvalue weighted by Gasteiger charge is -2.35. The van der Waals surface area contributed by atoms with E-state index in [0.717, 1.165) is 30.7 Å². The molecule has 0 amide bonds. The molecular formula is C19H31ClN2O2S. The van der Waals surface area contributed by atoms with Gasteiger partial charge < -0.3 is 4.90 Å². The van der Waals surface area contributed by atoms with E-state index in [0.29, 0.717) is 10.9 Å². The fourth-order valence-electron chi connectivity index (χ4n) is 4.06. The highest BCUT2D eigenvalue weighted by atomic mass is 35.5. The number of hydrogen-bond acceptors (Lipinski definition) is 3. The Labute approximate surface area is 159 Å². The molecular weight excluding hydrogens is 356 g/mol. The number of likely N-dealkylation sites (tertiary alicyclic amines) is 1. The van der Waals surface area contributed by atoms with Crippen molar-refractivity contribution in [2.24, 2.45) is 5.92 Å². The highest BCUT2D eigenvalue weighted by Gasteiger charge is 2.36. The van der Waals surface area contributed by atoms with Crippen LogP contribution >= 0.6 is 12.4 Å². The molecule has 2 fully saturated rings. The summed E-state index contributed by atoms with van der Waals surface area (Å²) in [4.78, 5) is 3.00. The number of halogens is 1. The van der Waals surface area contributed by atoms with Crippen molar-refractivity contribution in [1.82, 2.24) is 9.21 Å². The third-order valence-corrected chi connectivity index (χ3v) is 7.85. The van der Waals surface area contributed by atoms with E-state index in [1.165, 1.54) is 25.9 Å². The van der Waals surface area contributed by atoms with Gasteiger partial charge in [-0.1, -0.05) is 24.6 Å². The molecule has 1 aliphatic carbocycles. The normalized spacial score (nSPS) is 25.9. The minimum Gasteiger partial charge on any atom is -0.300 e. The number of aryl methyl sites for hydroxylation is 1. The van der Waals surface area contributed by atoms with Gasteiger partial charge in [0.15, 0.2) is 0 Å². The Kier molecular flexibility index (Phi) is 6.94. The van der Waals surface area contributed by atoms with Crippen molar-refractivity contribution >= 4 is 22.4 Å². The Morgan fingerprint density at radius 3 is 2.24 bits per heavy atom. The SMILES string of the molecule is Cc1ccc(S(=O)(=O)N(C)[C@@H]2CC[C@H](N3CCC(C)CC3)C2)cc1.Cl. The zero-order valence-electron chi connectivity index (χ0n) is 15.5. The first-order chi connectivity index (χ1) is 11.4. The predicted molar refractivity (Wildman–Crippen MR) is 105 cm³/mol. The van der Waals surface area contributed by atoms with E-state index in [1.807, 2.05) is 19.1 Å². The molecule has 4 nitrogen and oxygen atoms in total. The molecule has 1 saturated carbocycles.